The molecular formula is C22H23N3O3. The molecule has 0 saturated carbocycles. The third-order valence-electron chi connectivity index (χ3n) is 5.82. The van der Waals surface area contributed by atoms with E-state index in [1.165, 1.54) is 0 Å². The van der Waals surface area contributed by atoms with Gasteiger partial charge in [0.05, 0.1) is 32.0 Å². The molecule has 6 heteroatoms. The second-order valence-electron chi connectivity index (χ2n) is 7.49. The van der Waals surface area contributed by atoms with Gasteiger partial charge in [-0.2, -0.15) is 0 Å². The first kappa shape index (κ1) is 17.1. The molecular weight excluding hydrogens is 354 g/mol. The molecule has 0 radical (unpaired) electrons. The van der Waals surface area contributed by atoms with Gasteiger partial charge >= 0.3 is 0 Å². The Morgan fingerprint density at radius 1 is 1.04 bits per heavy atom. The number of aromatic nitrogens is 1. The number of carbonyl (C=O) groups excluding carboxylic acids is 1. The Morgan fingerprint density at radius 2 is 1.86 bits per heavy atom. The Bertz CT molecular complexity index is 961. The summed E-state index contributed by atoms with van der Waals surface area (Å²) in [6.07, 6.45) is 3.74. The third-order valence-corrected chi connectivity index (χ3v) is 5.82. The van der Waals surface area contributed by atoms with E-state index in [4.69, 9.17) is 9.15 Å². The van der Waals surface area contributed by atoms with Gasteiger partial charge in [-0.05, 0) is 42.0 Å². The van der Waals surface area contributed by atoms with Crippen LogP contribution in [0.25, 0.3) is 0 Å². The van der Waals surface area contributed by atoms with E-state index in [0.29, 0.717) is 6.54 Å². The number of hydrogen-bond acceptors (Lipinski definition) is 4. The SMILES string of the molecule is COc1ccc(CN2C(=O)c3cccn3[C@H]3CN(Cc4ccco4)C[C@H]32)cc1. The molecule has 6 nitrogen and oxygen atoms in total. The lowest BCUT2D eigenvalue weighted by Gasteiger charge is -2.38. The Labute approximate surface area is 163 Å². The van der Waals surface area contributed by atoms with Gasteiger partial charge < -0.3 is 18.6 Å². The zero-order valence-corrected chi connectivity index (χ0v) is 15.8. The molecule has 0 bridgehead atoms. The molecule has 0 aliphatic carbocycles. The van der Waals surface area contributed by atoms with Crippen molar-refractivity contribution in [3.05, 3.63) is 78.0 Å². The van der Waals surface area contributed by atoms with Gasteiger partial charge in [0.15, 0.2) is 0 Å². The Morgan fingerprint density at radius 3 is 2.61 bits per heavy atom. The molecule has 2 aliphatic rings. The van der Waals surface area contributed by atoms with Crippen molar-refractivity contribution >= 4 is 5.91 Å². The minimum absolute atomic E-state index is 0.0990. The number of methoxy groups -OCH3 is 1. The predicted octanol–water partition coefficient (Wildman–Crippen LogP) is 3.17. The maximum absolute atomic E-state index is 13.2. The highest BCUT2D eigenvalue weighted by molar-refractivity contribution is 5.94. The van der Waals surface area contributed by atoms with Crippen molar-refractivity contribution in [3.63, 3.8) is 0 Å². The maximum Gasteiger partial charge on any atom is 0.271 e. The van der Waals surface area contributed by atoms with Crippen LogP contribution in [0.15, 0.2) is 65.4 Å². The van der Waals surface area contributed by atoms with E-state index >= 15 is 0 Å². The van der Waals surface area contributed by atoms with Gasteiger partial charge in [0.2, 0.25) is 0 Å². The molecule has 0 unspecified atom stereocenters. The molecule has 5 rings (SSSR count). The summed E-state index contributed by atoms with van der Waals surface area (Å²) in [5.74, 6) is 1.88. The van der Waals surface area contributed by atoms with E-state index in [1.54, 1.807) is 13.4 Å². The summed E-state index contributed by atoms with van der Waals surface area (Å²) in [4.78, 5) is 17.6. The second-order valence-corrected chi connectivity index (χ2v) is 7.49. The summed E-state index contributed by atoms with van der Waals surface area (Å²) >= 11 is 0. The van der Waals surface area contributed by atoms with Crippen LogP contribution in [-0.4, -0.2) is 46.5 Å². The molecule has 1 fully saturated rings. The smallest absolute Gasteiger partial charge is 0.271 e. The molecule has 0 spiro atoms. The van der Waals surface area contributed by atoms with Crippen molar-refractivity contribution in [2.24, 2.45) is 0 Å². The number of furan rings is 1. The normalized spacial score (nSPS) is 21.6. The van der Waals surface area contributed by atoms with E-state index in [1.807, 2.05) is 59.6 Å². The lowest BCUT2D eigenvalue weighted by molar-refractivity contribution is 0.0556. The number of likely N-dealkylation sites (tertiary alicyclic amines) is 1. The van der Waals surface area contributed by atoms with Crippen molar-refractivity contribution in [3.8, 4) is 5.75 Å². The van der Waals surface area contributed by atoms with E-state index in [0.717, 1.165) is 42.4 Å². The summed E-state index contributed by atoms with van der Waals surface area (Å²) in [5, 5.41) is 0. The van der Waals surface area contributed by atoms with Crippen LogP contribution in [0.3, 0.4) is 0 Å². The van der Waals surface area contributed by atoms with Crippen LogP contribution < -0.4 is 4.74 Å². The largest absolute Gasteiger partial charge is 0.497 e. The van der Waals surface area contributed by atoms with Crippen LogP contribution >= 0.6 is 0 Å². The number of nitrogens with zero attached hydrogens (tertiary/aromatic N) is 3. The first-order chi connectivity index (χ1) is 13.7. The van der Waals surface area contributed by atoms with Gasteiger partial charge in [-0.1, -0.05) is 12.1 Å². The van der Waals surface area contributed by atoms with Gasteiger partial charge in [0.25, 0.3) is 5.91 Å². The number of carbonyl (C=O) groups is 1. The van der Waals surface area contributed by atoms with E-state index in [2.05, 4.69) is 9.47 Å². The second kappa shape index (κ2) is 6.87. The van der Waals surface area contributed by atoms with Crippen LogP contribution in [0.2, 0.25) is 0 Å². The van der Waals surface area contributed by atoms with Crippen LogP contribution in [-0.2, 0) is 13.1 Å². The van der Waals surface area contributed by atoms with Crippen molar-refractivity contribution in [2.45, 2.75) is 25.2 Å². The summed E-state index contributed by atoms with van der Waals surface area (Å²) in [6.45, 7) is 3.11. The fraction of sp³-hybridized carbons (Fsp3) is 0.318. The number of rotatable bonds is 5. The number of hydrogen-bond donors (Lipinski definition) is 0. The number of benzene rings is 1. The minimum atomic E-state index is 0.0990. The van der Waals surface area contributed by atoms with Crippen molar-refractivity contribution in [1.82, 2.24) is 14.4 Å². The van der Waals surface area contributed by atoms with Gasteiger partial charge in [-0.25, -0.2) is 0 Å². The number of amides is 1. The molecule has 144 valence electrons. The Balaban J connectivity index is 1.42. The summed E-state index contributed by atoms with van der Waals surface area (Å²) in [5.41, 5.74) is 1.88. The molecule has 2 aromatic heterocycles. The molecule has 1 saturated heterocycles. The van der Waals surface area contributed by atoms with Crippen LogP contribution in [0.1, 0.15) is 27.9 Å². The van der Waals surface area contributed by atoms with Crippen LogP contribution in [0.4, 0.5) is 0 Å². The lowest BCUT2D eigenvalue weighted by atomic mass is 10.0. The summed E-state index contributed by atoms with van der Waals surface area (Å²) < 4.78 is 12.9. The standard InChI is InChI=1S/C22H23N3O3/c1-27-17-8-6-16(7-9-17)12-25-21-15-23(13-18-4-3-11-28-18)14-20(21)24-10-2-5-19(24)22(25)26/h2-11,20-21H,12-15H2,1H3/t20-,21+/m0/s1. The molecule has 28 heavy (non-hydrogen) atoms. The molecule has 1 aromatic carbocycles. The fourth-order valence-electron chi connectivity index (χ4n) is 4.46. The van der Waals surface area contributed by atoms with Crippen LogP contribution in [0, 0.1) is 0 Å². The molecule has 2 atom stereocenters. The van der Waals surface area contributed by atoms with E-state index in [-0.39, 0.29) is 18.0 Å². The van der Waals surface area contributed by atoms with Gasteiger partial charge in [0.1, 0.15) is 17.2 Å². The Hall–Kier alpha value is -2.99. The van der Waals surface area contributed by atoms with Crippen LogP contribution in [0.5, 0.6) is 5.75 Å². The highest BCUT2D eigenvalue weighted by Gasteiger charge is 2.44. The fourth-order valence-corrected chi connectivity index (χ4v) is 4.46. The molecule has 4 heterocycles. The first-order valence-electron chi connectivity index (χ1n) is 9.58. The number of ether oxygens (including phenoxy) is 1. The van der Waals surface area contributed by atoms with Gasteiger partial charge in [0, 0.05) is 25.8 Å². The predicted molar refractivity (Wildman–Crippen MR) is 104 cm³/mol. The van der Waals surface area contributed by atoms with E-state index < -0.39 is 0 Å². The highest BCUT2D eigenvalue weighted by atomic mass is 16.5. The molecule has 1 amide bonds. The average Bonchev–Trinajstić information content (AvgIpc) is 3.46. The first-order valence-corrected chi connectivity index (χ1v) is 9.58. The highest BCUT2D eigenvalue weighted by Crippen LogP contribution is 2.35. The van der Waals surface area contributed by atoms with Crippen molar-refractivity contribution in [2.75, 3.05) is 20.2 Å². The Kier molecular flexibility index (Phi) is 4.20. The van der Waals surface area contributed by atoms with Gasteiger partial charge in [-0.15, -0.1) is 0 Å². The van der Waals surface area contributed by atoms with Crippen molar-refractivity contribution in [1.29, 1.82) is 0 Å². The minimum Gasteiger partial charge on any atom is -0.497 e. The lowest BCUT2D eigenvalue weighted by Crippen LogP contribution is -2.49. The summed E-state index contributed by atoms with van der Waals surface area (Å²) in [7, 11) is 1.66. The average molecular weight is 377 g/mol. The monoisotopic (exact) mass is 377 g/mol. The number of fused-ring (bicyclic) bond motifs is 3. The van der Waals surface area contributed by atoms with E-state index in [9.17, 15) is 4.79 Å². The zero-order valence-electron chi connectivity index (χ0n) is 15.8. The quantitative estimate of drug-likeness (QED) is 0.685. The molecule has 0 N–H and O–H groups in total. The maximum atomic E-state index is 13.2. The third kappa shape index (κ3) is 2.90. The summed E-state index contributed by atoms with van der Waals surface area (Å²) in [6, 6.07) is 16.2. The zero-order chi connectivity index (χ0) is 19.1. The van der Waals surface area contributed by atoms with Gasteiger partial charge in [-0.3, -0.25) is 9.69 Å². The van der Waals surface area contributed by atoms with Crippen molar-refractivity contribution < 1.29 is 13.9 Å². The topological polar surface area (TPSA) is 50.9 Å². The molecule has 3 aromatic rings. The molecule has 2 aliphatic heterocycles.